The lowest BCUT2D eigenvalue weighted by Gasteiger charge is -2.29. The summed E-state index contributed by atoms with van der Waals surface area (Å²) in [5.74, 6) is 4.99. The van der Waals surface area contributed by atoms with Crippen molar-refractivity contribution in [3.63, 3.8) is 0 Å². The minimum atomic E-state index is -0.166. The molecule has 4 N–H and O–H groups in total. The third kappa shape index (κ3) is 3.15. The zero-order valence-electron chi connectivity index (χ0n) is 9.28. The lowest BCUT2D eigenvalue weighted by Crippen LogP contribution is -2.49. The smallest absolute Gasteiger partial charge is 0.250 e. The molecule has 0 aromatic rings. The highest BCUT2D eigenvalue weighted by Crippen LogP contribution is 2.23. The molecule has 0 radical (unpaired) electrons. The molecule has 1 saturated heterocycles. The van der Waals surface area contributed by atoms with Crippen LogP contribution in [-0.4, -0.2) is 41.1 Å². The molecule has 0 spiro atoms. The largest absolute Gasteiger partial charge is 0.396 e. The zero-order valence-corrected chi connectivity index (χ0v) is 9.28. The molecule has 1 aliphatic heterocycles. The Hall–Kier alpha value is -0.650. The number of nitrogens with one attached hydrogen (secondary N) is 1. The van der Waals surface area contributed by atoms with Crippen LogP contribution in [0.1, 0.15) is 32.6 Å². The highest BCUT2D eigenvalue weighted by atomic mass is 16.3. The molecule has 1 fully saturated rings. The van der Waals surface area contributed by atoms with Gasteiger partial charge >= 0.3 is 0 Å². The van der Waals surface area contributed by atoms with Gasteiger partial charge in [-0.3, -0.25) is 15.1 Å². The normalized spacial score (nSPS) is 24.1. The highest BCUT2D eigenvalue weighted by molar-refractivity contribution is 5.80. The summed E-state index contributed by atoms with van der Waals surface area (Å²) < 4.78 is 0. The van der Waals surface area contributed by atoms with Crippen LogP contribution >= 0.6 is 0 Å². The number of carbonyl (C=O) groups excluding carboxylic acids is 1. The van der Waals surface area contributed by atoms with Gasteiger partial charge < -0.3 is 5.11 Å². The molecule has 5 heteroatoms. The van der Waals surface area contributed by atoms with E-state index in [1.165, 1.54) is 0 Å². The van der Waals surface area contributed by atoms with Crippen molar-refractivity contribution in [3.05, 3.63) is 0 Å². The topological polar surface area (TPSA) is 78.6 Å². The maximum absolute atomic E-state index is 11.4. The number of aliphatic hydroxyl groups is 1. The van der Waals surface area contributed by atoms with Gasteiger partial charge in [0.05, 0.1) is 6.04 Å². The average molecular weight is 215 g/mol. The number of hydrogen-bond donors (Lipinski definition) is 3. The van der Waals surface area contributed by atoms with E-state index < -0.39 is 0 Å². The maximum atomic E-state index is 11.4. The van der Waals surface area contributed by atoms with Crippen molar-refractivity contribution in [2.45, 2.75) is 44.7 Å². The summed E-state index contributed by atoms with van der Waals surface area (Å²) >= 11 is 0. The number of rotatable bonds is 5. The molecule has 1 aliphatic rings. The van der Waals surface area contributed by atoms with Gasteiger partial charge in [0.25, 0.3) is 5.91 Å². The summed E-state index contributed by atoms with van der Waals surface area (Å²) in [5.41, 5.74) is 2.19. The lowest BCUT2D eigenvalue weighted by molar-refractivity contribution is -0.126. The van der Waals surface area contributed by atoms with Crippen molar-refractivity contribution >= 4 is 5.91 Å². The first-order valence-corrected chi connectivity index (χ1v) is 5.57. The number of carbonyl (C=O) groups is 1. The molecule has 2 unspecified atom stereocenters. The highest BCUT2D eigenvalue weighted by Gasteiger charge is 2.30. The molecule has 1 heterocycles. The van der Waals surface area contributed by atoms with Gasteiger partial charge in [-0.2, -0.15) is 0 Å². The van der Waals surface area contributed by atoms with Gasteiger partial charge in [0, 0.05) is 12.6 Å². The SMILES string of the molecule is CC(C(=O)NN)N1CCCC1CCCO. The second-order valence-corrected chi connectivity index (χ2v) is 4.08. The fourth-order valence-electron chi connectivity index (χ4n) is 2.28. The van der Waals surface area contributed by atoms with Gasteiger partial charge in [-0.05, 0) is 39.2 Å². The number of nitrogens with two attached hydrogens (primary N) is 1. The Morgan fingerprint density at radius 3 is 3.07 bits per heavy atom. The van der Waals surface area contributed by atoms with Crippen LogP contribution in [0.2, 0.25) is 0 Å². The van der Waals surface area contributed by atoms with Crippen LogP contribution in [0.3, 0.4) is 0 Å². The van der Waals surface area contributed by atoms with Crippen LogP contribution in [0.15, 0.2) is 0 Å². The van der Waals surface area contributed by atoms with Gasteiger partial charge in [-0.1, -0.05) is 0 Å². The summed E-state index contributed by atoms with van der Waals surface area (Å²) in [7, 11) is 0. The predicted molar refractivity (Wildman–Crippen MR) is 57.8 cm³/mol. The molecule has 88 valence electrons. The standard InChI is InChI=1S/C10H21N3O2/c1-8(10(15)12-11)13-6-2-4-9(13)5-3-7-14/h8-9,14H,2-7,11H2,1H3,(H,12,15). The first-order valence-electron chi connectivity index (χ1n) is 5.57. The Morgan fingerprint density at radius 2 is 2.47 bits per heavy atom. The van der Waals surface area contributed by atoms with Gasteiger partial charge in [0.1, 0.15) is 0 Å². The maximum Gasteiger partial charge on any atom is 0.250 e. The molecule has 5 nitrogen and oxygen atoms in total. The lowest BCUT2D eigenvalue weighted by atomic mass is 10.1. The fraction of sp³-hybridized carbons (Fsp3) is 0.900. The molecule has 1 amide bonds. The van der Waals surface area contributed by atoms with Crippen molar-refractivity contribution in [1.82, 2.24) is 10.3 Å². The molecule has 0 aromatic carbocycles. The van der Waals surface area contributed by atoms with Crippen LogP contribution in [0, 0.1) is 0 Å². The van der Waals surface area contributed by atoms with Crippen molar-refractivity contribution in [2.24, 2.45) is 5.84 Å². The minimum absolute atomic E-state index is 0.133. The molecule has 2 atom stereocenters. The van der Waals surface area contributed by atoms with E-state index in [1.807, 2.05) is 6.92 Å². The molecule has 0 aromatic heterocycles. The summed E-state index contributed by atoms with van der Waals surface area (Å²) in [6.07, 6.45) is 4.00. The van der Waals surface area contributed by atoms with Crippen molar-refractivity contribution < 1.29 is 9.90 Å². The number of hydrogen-bond acceptors (Lipinski definition) is 4. The van der Waals surface area contributed by atoms with Crippen LogP contribution in [-0.2, 0) is 4.79 Å². The van der Waals surface area contributed by atoms with Crippen molar-refractivity contribution in [2.75, 3.05) is 13.2 Å². The summed E-state index contributed by atoms with van der Waals surface area (Å²) in [6.45, 7) is 3.05. The first kappa shape index (κ1) is 12.4. The van der Waals surface area contributed by atoms with E-state index in [0.717, 1.165) is 32.2 Å². The molecular formula is C10H21N3O2. The van der Waals surface area contributed by atoms with Gasteiger partial charge in [-0.25, -0.2) is 5.84 Å². The Bertz CT molecular complexity index is 211. The molecular weight excluding hydrogens is 194 g/mol. The quantitative estimate of drug-likeness (QED) is 0.331. The second-order valence-electron chi connectivity index (χ2n) is 4.08. The Kier molecular flexibility index (Phi) is 5.01. The zero-order chi connectivity index (χ0) is 11.3. The second kappa shape index (κ2) is 6.05. The van der Waals surface area contributed by atoms with Crippen LogP contribution in [0.25, 0.3) is 0 Å². The summed E-state index contributed by atoms with van der Waals surface area (Å²) in [5, 5.41) is 8.79. The van der Waals surface area contributed by atoms with Crippen LogP contribution in [0.4, 0.5) is 0 Å². The molecule has 0 aliphatic carbocycles. The van der Waals surface area contributed by atoms with Crippen molar-refractivity contribution in [1.29, 1.82) is 0 Å². The monoisotopic (exact) mass is 215 g/mol. The van der Waals surface area contributed by atoms with E-state index in [9.17, 15) is 4.79 Å². The molecule has 0 saturated carbocycles. The Labute approximate surface area is 90.6 Å². The Morgan fingerprint density at radius 1 is 1.73 bits per heavy atom. The van der Waals surface area contributed by atoms with E-state index in [2.05, 4.69) is 10.3 Å². The molecule has 1 rings (SSSR count). The number of likely N-dealkylation sites (tertiary alicyclic amines) is 1. The van der Waals surface area contributed by atoms with Crippen LogP contribution in [0.5, 0.6) is 0 Å². The average Bonchev–Trinajstić information content (AvgIpc) is 2.72. The predicted octanol–water partition coefficient (Wildman–Crippen LogP) is -0.398. The first-order chi connectivity index (χ1) is 7.20. The third-order valence-electron chi connectivity index (χ3n) is 3.14. The third-order valence-corrected chi connectivity index (χ3v) is 3.14. The number of nitrogens with zero attached hydrogens (tertiary/aromatic N) is 1. The van der Waals surface area contributed by atoms with Crippen LogP contribution < -0.4 is 11.3 Å². The number of amides is 1. The van der Waals surface area contributed by atoms with E-state index in [1.54, 1.807) is 0 Å². The van der Waals surface area contributed by atoms with E-state index in [-0.39, 0.29) is 18.6 Å². The molecule has 0 bridgehead atoms. The van der Waals surface area contributed by atoms with Gasteiger partial charge in [0.2, 0.25) is 0 Å². The Balaban J connectivity index is 2.47. The number of aliphatic hydroxyl groups excluding tert-OH is 1. The van der Waals surface area contributed by atoms with E-state index in [4.69, 9.17) is 10.9 Å². The van der Waals surface area contributed by atoms with E-state index in [0.29, 0.717) is 6.04 Å². The van der Waals surface area contributed by atoms with Gasteiger partial charge in [-0.15, -0.1) is 0 Å². The fourth-order valence-corrected chi connectivity index (χ4v) is 2.28. The number of hydrazine groups is 1. The summed E-state index contributed by atoms with van der Waals surface area (Å²) in [6, 6.07) is 0.255. The van der Waals surface area contributed by atoms with Gasteiger partial charge in [0.15, 0.2) is 0 Å². The minimum Gasteiger partial charge on any atom is -0.396 e. The van der Waals surface area contributed by atoms with Crippen molar-refractivity contribution in [3.8, 4) is 0 Å². The summed E-state index contributed by atoms with van der Waals surface area (Å²) in [4.78, 5) is 13.6. The van der Waals surface area contributed by atoms with E-state index >= 15 is 0 Å². The molecule has 15 heavy (non-hydrogen) atoms.